The Bertz CT molecular complexity index is 800. The molecule has 1 aromatic carbocycles. The van der Waals surface area contributed by atoms with E-state index in [-0.39, 0.29) is 24.0 Å². The van der Waals surface area contributed by atoms with E-state index in [1.165, 1.54) is 12.1 Å². The SMILES string of the molecule is COCCOCc1nc(C2CCN(C(=O)c3ccc(C(F)(F)F)cc3)CC2)no1. The van der Waals surface area contributed by atoms with Gasteiger partial charge in [-0.05, 0) is 37.1 Å². The number of rotatable bonds is 7. The average Bonchev–Trinajstić information content (AvgIpc) is 3.19. The van der Waals surface area contributed by atoms with Gasteiger partial charge < -0.3 is 18.9 Å². The van der Waals surface area contributed by atoms with E-state index in [2.05, 4.69) is 10.1 Å². The molecule has 1 aliphatic heterocycles. The third-order valence-electron chi connectivity index (χ3n) is 4.75. The van der Waals surface area contributed by atoms with Crippen molar-refractivity contribution in [1.29, 1.82) is 0 Å². The van der Waals surface area contributed by atoms with Crippen molar-refractivity contribution in [3.8, 4) is 0 Å². The maximum absolute atomic E-state index is 12.7. The second-order valence-corrected chi connectivity index (χ2v) is 6.73. The van der Waals surface area contributed by atoms with Crippen molar-refractivity contribution >= 4 is 5.91 Å². The second-order valence-electron chi connectivity index (χ2n) is 6.73. The van der Waals surface area contributed by atoms with Crippen LogP contribution in [0, 0.1) is 0 Å². The number of halogens is 3. The number of hydrogen-bond donors (Lipinski definition) is 0. The van der Waals surface area contributed by atoms with Crippen LogP contribution >= 0.6 is 0 Å². The normalized spacial score (nSPS) is 15.7. The smallest absolute Gasteiger partial charge is 0.382 e. The van der Waals surface area contributed by atoms with E-state index in [9.17, 15) is 18.0 Å². The summed E-state index contributed by atoms with van der Waals surface area (Å²) in [6.45, 7) is 2.06. The molecule has 3 rings (SSSR count). The molecule has 0 atom stereocenters. The summed E-state index contributed by atoms with van der Waals surface area (Å²) in [5.74, 6) is 0.747. The molecule has 1 saturated heterocycles. The van der Waals surface area contributed by atoms with Gasteiger partial charge in [0, 0.05) is 31.7 Å². The summed E-state index contributed by atoms with van der Waals surface area (Å²) in [5.41, 5.74) is -0.529. The highest BCUT2D eigenvalue weighted by Crippen LogP contribution is 2.30. The van der Waals surface area contributed by atoms with Gasteiger partial charge >= 0.3 is 6.18 Å². The van der Waals surface area contributed by atoms with Gasteiger partial charge in [-0.1, -0.05) is 5.16 Å². The van der Waals surface area contributed by atoms with Gasteiger partial charge in [-0.3, -0.25) is 4.79 Å². The summed E-state index contributed by atoms with van der Waals surface area (Å²) in [5, 5.41) is 3.99. The van der Waals surface area contributed by atoms with Crippen molar-refractivity contribution in [3.63, 3.8) is 0 Å². The molecule has 7 nitrogen and oxygen atoms in total. The van der Waals surface area contributed by atoms with Gasteiger partial charge in [-0.2, -0.15) is 18.2 Å². The summed E-state index contributed by atoms with van der Waals surface area (Å²) in [6, 6.07) is 4.28. The van der Waals surface area contributed by atoms with Crippen LogP contribution in [0.4, 0.5) is 13.2 Å². The average molecular weight is 413 g/mol. The fraction of sp³-hybridized carbons (Fsp3) is 0.526. The van der Waals surface area contributed by atoms with E-state index in [0.29, 0.717) is 50.9 Å². The third kappa shape index (κ3) is 5.54. The van der Waals surface area contributed by atoms with Crippen molar-refractivity contribution in [2.45, 2.75) is 31.5 Å². The molecule has 2 aromatic rings. The topological polar surface area (TPSA) is 77.7 Å². The lowest BCUT2D eigenvalue weighted by Crippen LogP contribution is -2.38. The van der Waals surface area contributed by atoms with Gasteiger partial charge in [0.15, 0.2) is 5.82 Å². The highest BCUT2D eigenvalue weighted by atomic mass is 19.4. The number of carbonyl (C=O) groups excluding carboxylic acids is 1. The van der Waals surface area contributed by atoms with Crippen LogP contribution in [-0.4, -0.2) is 54.4 Å². The first-order chi connectivity index (χ1) is 13.9. The zero-order chi connectivity index (χ0) is 20.9. The molecule has 2 heterocycles. The van der Waals surface area contributed by atoms with Crippen molar-refractivity contribution in [2.24, 2.45) is 0 Å². The number of hydrogen-bond acceptors (Lipinski definition) is 6. The molecule has 0 N–H and O–H groups in total. The standard InChI is InChI=1S/C19H22F3N3O4/c1-27-10-11-28-12-16-23-17(24-29-16)13-6-8-25(9-7-13)18(26)14-2-4-15(5-3-14)19(20,21)22/h2-5,13H,6-12H2,1H3. The number of likely N-dealkylation sites (tertiary alicyclic amines) is 1. The number of piperidine rings is 1. The van der Waals surface area contributed by atoms with E-state index in [4.69, 9.17) is 14.0 Å². The lowest BCUT2D eigenvalue weighted by Gasteiger charge is -2.30. The molecule has 1 fully saturated rings. The minimum absolute atomic E-state index is 0.0585. The number of methoxy groups -OCH3 is 1. The van der Waals surface area contributed by atoms with Crippen LogP contribution in [0.2, 0.25) is 0 Å². The maximum Gasteiger partial charge on any atom is 0.416 e. The first-order valence-corrected chi connectivity index (χ1v) is 9.24. The Morgan fingerprint density at radius 1 is 1.21 bits per heavy atom. The van der Waals surface area contributed by atoms with E-state index in [1.54, 1.807) is 12.0 Å². The maximum atomic E-state index is 12.7. The van der Waals surface area contributed by atoms with Crippen LogP contribution in [0.25, 0.3) is 0 Å². The molecule has 158 valence electrons. The van der Waals surface area contributed by atoms with Gasteiger partial charge in [-0.25, -0.2) is 0 Å². The van der Waals surface area contributed by atoms with Gasteiger partial charge in [0.1, 0.15) is 6.61 Å². The molecule has 10 heteroatoms. The fourth-order valence-electron chi connectivity index (χ4n) is 3.12. The van der Waals surface area contributed by atoms with Gasteiger partial charge in [0.05, 0.1) is 18.8 Å². The summed E-state index contributed by atoms with van der Waals surface area (Å²) < 4.78 is 53.4. The number of nitrogens with zero attached hydrogens (tertiary/aromatic N) is 3. The molecule has 0 radical (unpaired) electrons. The van der Waals surface area contributed by atoms with E-state index >= 15 is 0 Å². The molecule has 1 aromatic heterocycles. The molecular formula is C19H22F3N3O4. The van der Waals surface area contributed by atoms with Crippen molar-refractivity contribution < 1.29 is 32.0 Å². The van der Waals surface area contributed by atoms with Crippen molar-refractivity contribution in [1.82, 2.24) is 15.0 Å². The molecule has 29 heavy (non-hydrogen) atoms. The minimum atomic E-state index is -4.42. The Kier molecular flexibility index (Phi) is 6.86. The molecule has 0 saturated carbocycles. The zero-order valence-corrected chi connectivity index (χ0v) is 15.9. The Balaban J connectivity index is 1.51. The largest absolute Gasteiger partial charge is 0.416 e. The Morgan fingerprint density at radius 2 is 1.90 bits per heavy atom. The molecule has 1 aliphatic rings. The fourth-order valence-corrected chi connectivity index (χ4v) is 3.12. The third-order valence-corrected chi connectivity index (χ3v) is 4.75. The molecular weight excluding hydrogens is 391 g/mol. The van der Waals surface area contributed by atoms with Crippen LogP contribution < -0.4 is 0 Å². The first kappa shape index (κ1) is 21.3. The lowest BCUT2D eigenvalue weighted by atomic mass is 9.95. The molecule has 0 aliphatic carbocycles. The highest BCUT2D eigenvalue weighted by molar-refractivity contribution is 5.94. The van der Waals surface area contributed by atoms with Crippen LogP contribution in [0.5, 0.6) is 0 Å². The van der Waals surface area contributed by atoms with Crippen LogP contribution in [0.1, 0.15) is 46.4 Å². The quantitative estimate of drug-likeness (QED) is 0.649. The predicted molar refractivity (Wildman–Crippen MR) is 95.2 cm³/mol. The highest BCUT2D eigenvalue weighted by Gasteiger charge is 2.31. The van der Waals surface area contributed by atoms with Crippen molar-refractivity contribution in [2.75, 3.05) is 33.4 Å². The van der Waals surface area contributed by atoms with Crippen LogP contribution in [0.15, 0.2) is 28.8 Å². The van der Waals surface area contributed by atoms with Gasteiger partial charge in [-0.15, -0.1) is 0 Å². The van der Waals surface area contributed by atoms with E-state index in [0.717, 1.165) is 12.1 Å². The molecule has 0 unspecified atom stereocenters. The lowest BCUT2D eigenvalue weighted by molar-refractivity contribution is -0.137. The van der Waals surface area contributed by atoms with Gasteiger partial charge in [0.2, 0.25) is 0 Å². The van der Waals surface area contributed by atoms with Gasteiger partial charge in [0.25, 0.3) is 11.8 Å². The monoisotopic (exact) mass is 413 g/mol. The van der Waals surface area contributed by atoms with Crippen molar-refractivity contribution in [3.05, 3.63) is 47.1 Å². The molecule has 1 amide bonds. The molecule has 0 spiro atoms. The number of benzene rings is 1. The Morgan fingerprint density at radius 3 is 2.52 bits per heavy atom. The Labute approximate surface area is 165 Å². The number of amides is 1. The number of carbonyl (C=O) groups is 1. The van der Waals surface area contributed by atoms with E-state index < -0.39 is 11.7 Å². The number of ether oxygens (including phenoxy) is 2. The Hall–Kier alpha value is -2.46. The number of aromatic nitrogens is 2. The van der Waals surface area contributed by atoms with Crippen LogP contribution in [-0.2, 0) is 22.3 Å². The summed E-state index contributed by atoms with van der Waals surface area (Å²) >= 11 is 0. The summed E-state index contributed by atoms with van der Waals surface area (Å²) in [4.78, 5) is 18.5. The predicted octanol–water partition coefficient (Wildman–Crippen LogP) is 3.27. The number of alkyl halides is 3. The zero-order valence-electron chi connectivity index (χ0n) is 15.9. The van der Waals surface area contributed by atoms with Crippen LogP contribution in [0.3, 0.4) is 0 Å². The minimum Gasteiger partial charge on any atom is -0.382 e. The molecule has 0 bridgehead atoms. The van der Waals surface area contributed by atoms with E-state index in [1.807, 2.05) is 0 Å². The first-order valence-electron chi connectivity index (χ1n) is 9.24. The summed E-state index contributed by atoms with van der Waals surface area (Å²) in [7, 11) is 1.59. The summed E-state index contributed by atoms with van der Waals surface area (Å²) in [6.07, 6.45) is -3.12. The second kappa shape index (κ2) is 9.36.